The average molecular weight is 282 g/mol. The third-order valence-corrected chi connectivity index (χ3v) is 4.16. The van der Waals surface area contributed by atoms with Crippen LogP contribution in [0, 0.1) is 5.92 Å². The summed E-state index contributed by atoms with van der Waals surface area (Å²) in [5.41, 5.74) is -0.150. The Morgan fingerprint density at radius 3 is 2.50 bits per heavy atom. The molecule has 1 amide bonds. The summed E-state index contributed by atoms with van der Waals surface area (Å²) in [5.74, 6) is 1.03. The largest absolute Gasteiger partial charge is 0.350 e. The van der Waals surface area contributed by atoms with Gasteiger partial charge in [-0.3, -0.25) is 4.79 Å². The summed E-state index contributed by atoms with van der Waals surface area (Å²) in [4.78, 5) is 12.1. The SMILES string of the molecule is CCCC1CCCC(NC(C)C(=O)NC(C)(C)C)CC1. The van der Waals surface area contributed by atoms with Gasteiger partial charge < -0.3 is 10.6 Å². The molecule has 3 unspecified atom stereocenters. The van der Waals surface area contributed by atoms with E-state index in [1.54, 1.807) is 0 Å². The van der Waals surface area contributed by atoms with Gasteiger partial charge in [0, 0.05) is 11.6 Å². The van der Waals surface area contributed by atoms with Crippen LogP contribution in [0.1, 0.15) is 79.6 Å². The predicted octanol–water partition coefficient (Wildman–Crippen LogP) is 3.63. The number of carbonyl (C=O) groups excluding carboxylic acids is 1. The van der Waals surface area contributed by atoms with Crippen LogP contribution in [0.5, 0.6) is 0 Å². The van der Waals surface area contributed by atoms with Crippen molar-refractivity contribution in [2.45, 2.75) is 97.2 Å². The van der Waals surface area contributed by atoms with Crippen LogP contribution in [0.2, 0.25) is 0 Å². The monoisotopic (exact) mass is 282 g/mol. The zero-order chi connectivity index (χ0) is 15.2. The van der Waals surface area contributed by atoms with Gasteiger partial charge in [0.1, 0.15) is 0 Å². The zero-order valence-electron chi connectivity index (χ0n) is 14.1. The molecule has 0 heterocycles. The summed E-state index contributed by atoms with van der Waals surface area (Å²) in [6.45, 7) is 10.3. The minimum atomic E-state index is -0.150. The fourth-order valence-electron chi connectivity index (χ4n) is 3.15. The van der Waals surface area contributed by atoms with Crippen molar-refractivity contribution in [3.05, 3.63) is 0 Å². The van der Waals surface area contributed by atoms with E-state index in [4.69, 9.17) is 0 Å². The van der Waals surface area contributed by atoms with Crippen molar-refractivity contribution >= 4 is 5.91 Å². The number of hydrogen-bond donors (Lipinski definition) is 2. The Kier molecular flexibility index (Phi) is 7.01. The van der Waals surface area contributed by atoms with Crippen molar-refractivity contribution in [1.82, 2.24) is 10.6 Å². The summed E-state index contributed by atoms with van der Waals surface area (Å²) >= 11 is 0. The van der Waals surface area contributed by atoms with Crippen LogP contribution >= 0.6 is 0 Å². The Balaban J connectivity index is 2.38. The van der Waals surface area contributed by atoms with E-state index >= 15 is 0 Å². The highest BCUT2D eigenvalue weighted by Gasteiger charge is 2.23. The molecule has 1 aliphatic carbocycles. The van der Waals surface area contributed by atoms with Crippen LogP contribution in [-0.4, -0.2) is 23.5 Å². The van der Waals surface area contributed by atoms with Crippen molar-refractivity contribution in [1.29, 1.82) is 0 Å². The first kappa shape index (κ1) is 17.5. The maximum absolute atomic E-state index is 12.1. The molecule has 1 rings (SSSR count). The van der Waals surface area contributed by atoms with Gasteiger partial charge in [0.2, 0.25) is 5.91 Å². The number of rotatable bonds is 5. The van der Waals surface area contributed by atoms with Crippen molar-refractivity contribution in [3.8, 4) is 0 Å². The average Bonchev–Trinajstić information content (AvgIpc) is 2.53. The second-order valence-electron chi connectivity index (χ2n) is 7.49. The van der Waals surface area contributed by atoms with Gasteiger partial charge in [0.15, 0.2) is 0 Å². The van der Waals surface area contributed by atoms with E-state index in [1.165, 1.54) is 44.9 Å². The lowest BCUT2D eigenvalue weighted by Crippen LogP contribution is -2.51. The quantitative estimate of drug-likeness (QED) is 0.756. The third kappa shape index (κ3) is 6.74. The lowest BCUT2D eigenvalue weighted by molar-refractivity contribution is -0.124. The summed E-state index contributed by atoms with van der Waals surface area (Å²) in [6, 6.07) is 0.416. The molecule has 0 bridgehead atoms. The van der Waals surface area contributed by atoms with Crippen molar-refractivity contribution in [2.24, 2.45) is 5.92 Å². The molecule has 3 heteroatoms. The fourth-order valence-corrected chi connectivity index (χ4v) is 3.15. The highest BCUT2D eigenvalue weighted by molar-refractivity contribution is 5.81. The molecule has 2 N–H and O–H groups in total. The number of amides is 1. The van der Waals surface area contributed by atoms with Gasteiger partial charge in [0.05, 0.1) is 6.04 Å². The molecule has 0 aromatic carbocycles. The highest BCUT2D eigenvalue weighted by Crippen LogP contribution is 2.26. The van der Waals surface area contributed by atoms with E-state index in [0.717, 1.165) is 5.92 Å². The van der Waals surface area contributed by atoms with E-state index in [9.17, 15) is 4.79 Å². The van der Waals surface area contributed by atoms with Crippen molar-refractivity contribution in [2.75, 3.05) is 0 Å². The van der Waals surface area contributed by atoms with Crippen LogP contribution in [0.4, 0.5) is 0 Å². The molecule has 118 valence electrons. The molecule has 3 atom stereocenters. The van der Waals surface area contributed by atoms with Crippen molar-refractivity contribution < 1.29 is 4.79 Å². The molecule has 0 radical (unpaired) electrons. The first-order valence-electron chi connectivity index (χ1n) is 8.40. The second-order valence-corrected chi connectivity index (χ2v) is 7.49. The molecule has 0 spiro atoms. The van der Waals surface area contributed by atoms with Crippen molar-refractivity contribution in [3.63, 3.8) is 0 Å². The molecule has 3 nitrogen and oxygen atoms in total. The normalized spacial score (nSPS) is 25.9. The standard InChI is InChI=1S/C17H34N2O/c1-6-8-14-9-7-10-15(12-11-14)18-13(2)16(20)19-17(3,4)5/h13-15,18H,6-12H2,1-5H3,(H,19,20). The number of hydrogen-bond acceptors (Lipinski definition) is 2. The minimum Gasteiger partial charge on any atom is -0.350 e. The first-order valence-corrected chi connectivity index (χ1v) is 8.40. The van der Waals surface area contributed by atoms with Gasteiger partial charge in [-0.15, -0.1) is 0 Å². The van der Waals surface area contributed by atoms with Crippen LogP contribution < -0.4 is 10.6 Å². The summed E-state index contributed by atoms with van der Waals surface area (Å²) in [5, 5.41) is 6.58. The van der Waals surface area contributed by atoms with E-state index in [-0.39, 0.29) is 17.5 Å². The minimum absolute atomic E-state index is 0.0954. The van der Waals surface area contributed by atoms with Gasteiger partial charge in [0.25, 0.3) is 0 Å². The van der Waals surface area contributed by atoms with E-state index in [1.807, 2.05) is 27.7 Å². The molecule has 1 aliphatic rings. The molecule has 0 aromatic heterocycles. The highest BCUT2D eigenvalue weighted by atomic mass is 16.2. The van der Waals surface area contributed by atoms with Crippen LogP contribution in [0.3, 0.4) is 0 Å². The molecule has 1 fully saturated rings. The summed E-state index contributed by atoms with van der Waals surface area (Å²) in [7, 11) is 0. The third-order valence-electron chi connectivity index (χ3n) is 4.16. The molecule has 1 saturated carbocycles. The maximum Gasteiger partial charge on any atom is 0.237 e. The van der Waals surface area contributed by atoms with Gasteiger partial charge in [-0.05, 0) is 52.9 Å². The number of carbonyl (C=O) groups is 1. The Labute approximate surface area is 125 Å². The van der Waals surface area contributed by atoms with E-state index in [0.29, 0.717) is 6.04 Å². The van der Waals surface area contributed by atoms with Crippen LogP contribution in [0.25, 0.3) is 0 Å². The van der Waals surface area contributed by atoms with Gasteiger partial charge in [-0.25, -0.2) is 0 Å². The summed E-state index contributed by atoms with van der Waals surface area (Å²) < 4.78 is 0. The second kappa shape index (κ2) is 8.02. The lowest BCUT2D eigenvalue weighted by Gasteiger charge is -2.26. The van der Waals surface area contributed by atoms with Crippen LogP contribution in [-0.2, 0) is 4.79 Å². The molecule has 0 saturated heterocycles. The van der Waals surface area contributed by atoms with E-state index < -0.39 is 0 Å². The van der Waals surface area contributed by atoms with E-state index in [2.05, 4.69) is 17.6 Å². The van der Waals surface area contributed by atoms with Gasteiger partial charge in [-0.2, -0.15) is 0 Å². The van der Waals surface area contributed by atoms with Gasteiger partial charge >= 0.3 is 0 Å². The maximum atomic E-state index is 12.1. The Hall–Kier alpha value is -0.570. The lowest BCUT2D eigenvalue weighted by atomic mass is 9.95. The van der Waals surface area contributed by atoms with Crippen LogP contribution in [0.15, 0.2) is 0 Å². The Bertz CT molecular complexity index is 296. The molecular weight excluding hydrogens is 248 g/mol. The smallest absolute Gasteiger partial charge is 0.237 e. The predicted molar refractivity (Wildman–Crippen MR) is 85.8 cm³/mol. The first-order chi connectivity index (χ1) is 9.31. The molecule has 0 aliphatic heterocycles. The Morgan fingerprint density at radius 2 is 1.90 bits per heavy atom. The Morgan fingerprint density at radius 1 is 1.20 bits per heavy atom. The topological polar surface area (TPSA) is 41.1 Å². The summed E-state index contributed by atoms with van der Waals surface area (Å²) in [6.07, 6.45) is 9.09. The zero-order valence-corrected chi connectivity index (χ0v) is 14.1. The van der Waals surface area contributed by atoms with Gasteiger partial charge in [-0.1, -0.05) is 32.6 Å². The molecule has 20 heavy (non-hydrogen) atoms. The fraction of sp³-hybridized carbons (Fsp3) is 0.941. The number of nitrogens with one attached hydrogen (secondary N) is 2. The molecular formula is C17H34N2O. The molecule has 0 aromatic rings.